The van der Waals surface area contributed by atoms with Crippen LogP contribution in [0.15, 0.2) is 12.2 Å². The van der Waals surface area contributed by atoms with Gasteiger partial charge in [-0.1, -0.05) is 33.8 Å². The molecule has 0 radical (unpaired) electrons. The number of allylic oxidation sites excluding steroid dienone is 1. The van der Waals surface area contributed by atoms with Crippen LogP contribution >= 0.6 is 0 Å². The van der Waals surface area contributed by atoms with Crippen molar-refractivity contribution in [3.63, 3.8) is 0 Å². The molecule has 1 fully saturated rings. The quantitative estimate of drug-likeness (QED) is 0.729. The van der Waals surface area contributed by atoms with E-state index in [1.54, 1.807) is 11.0 Å². The fraction of sp³-hybridized carbons (Fsp3) is 0.733. The first-order valence-corrected chi connectivity index (χ1v) is 7.15. The molecule has 0 atom stereocenters. The predicted octanol–water partition coefficient (Wildman–Crippen LogP) is 1.92. The summed E-state index contributed by atoms with van der Waals surface area (Å²) in [5.41, 5.74) is 0. The fourth-order valence-corrected chi connectivity index (χ4v) is 2.10. The van der Waals surface area contributed by atoms with Crippen LogP contribution in [0.4, 0.5) is 0 Å². The van der Waals surface area contributed by atoms with E-state index in [0.717, 1.165) is 6.54 Å². The van der Waals surface area contributed by atoms with E-state index in [-0.39, 0.29) is 11.8 Å². The Hall–Kier alpha value is -1.32. The molecule has 0 aromatic heterocycles. The van der Waals surface area contributed by atoms with Gasteiger partial charge in [-0.05, 0) is 17.9 Å². The third kappa shape index (κ3) is 5.45. The molecule has 4 nitrogen and oxygen atoms in total. The Bertz CT molecular complexity index is 348. The maximum Gasteiger partial charge on any atom is 0.246 e. The SMILES string of the molecule is CC(C)C=CC(=O)N1CCC(=O)N(CC(C)C)CC1. The average molecular weight is 266 g/mol. The molecule has 0 unspecified atom stereocenters. The van der Waals surface area contributed by atoms with Crippen molar-refractivity contribution in [2.75, 3.05) is 26.2 Å². The highest BCUT2D eigenvalue weighted by atomic mass is 16.2. The molecule has 0 saturated carbocycles. The van der Waals surface area contributed by atoms with E-state index in [2.05, 4.69) is 13.8 Å². The van der Waals surface area contributed by atoms with Crippen LogP contribution in [0.5, 0.6) is 0 Å². The Labute approximate surface area is 116 Å². The highest BCUT2D eigenvalue weighted by Crippen LogP contribution is 2.08. The highest BCUT2D eigenvalue weighted by molar-refractivity contribution is 5.88. The standard InChI is InChI=1S/C15H26N2O2/c1-12(2)5-6-14(18)16-8-7-15(19)17(10-9-16)11-13(3)4/h5-6,12-13H,7-11H2,1-4H3. The van der Waals surface area contributed by atoms with Crippen LogP contribution in [0.2, 0.25) is 0 Å². The molecule has 0 aliphatic carbocycles. The number of hydrogen-bond donors (Lipinski definition) is 0. The first-order valence-electron chi connectivity index (χ1n) is 7.15. The predicted molar refractivity (Wildman–Crippen MR) is 76.6 cm³/mol. The zero-order valence-corrected chi connectivity index (χ0v) is 12.6. The summed E-state index contributed by atoms with van der Waals surface area (Å²) in [5.74, 6) is 1.02. The van der Waals surface area contributed by atoms with Gasteiger partial charge in [0.1, 0.15) is 0 Å². The van der Waals surface area contributed by atoms with Crippen molar-refractivity contribution in [2.45, 2.75) is 34.1 Å². The van der Waals surface area contributed by atoms with Gasteiger partial charge >= 0.3 is 0 Å². The summed E-state index contributed by atoms with van der Waals surface area (Å²) in [5, 5.41) is 0. The van der Waals surface area contributed by atoms with Gasteiger partial charge in [0, 0.05) is 32.6 Å². The average Bonchev–Trinajstić information content (AvgIpc) is 2.49. The molecule has 0 aromatic rings. The van der Waals surface area contributed by atoms with E-state index in [1.165, 1.54) is 0 Å². The second-order valence-corrected chi connectivity index (χ2v) is 5.91. The number of rotatable bonds is 4. The van der Waals surface area contributed by atoms with Crippen LogP contribution in [-0.4, -0.2) is 47.8 Å². The molecule has 0 bridgehead atoms. The largest absolute Gasteiger partial charge is 0.341 e. The zero-order valence-electron chi connectivity index (χ0n) is 12.6. The number of hydrogen-bond acceptors (Lipinski definition) is 2. The molecule has 19 heavy (non-hydrogen) atoms. The van der Waals surface area contributed by atoms with Gasteiger partial charge in [0.25, 0.3) is 0 Å². The van der Waals surface area contributed by atoms with Crippen LogP contribution in [0, 0.1) is 11.8 Å². The maximum atomic E-state index is 12.0. The molecule has 0 N–H and O–H groups in total. The topological polar surface area (TPSA) is 40.6 Å². The summed E-state index contributed by atoms with van der Waals surface area (Å²) in [6.45, 7) is 10.9. The molecular formula is C15H26N2O2. The van der Waals surface area contributed by atoms with Crippen molar-refractivity contribution in [3.05, 3.63) is 12.2 Å². The van der Waals surface area contributed by atoms with Gasteiger partial charge in [0.15, 0.2) is 0 Å². The third-order valence-electron chi connectivity index (χ3n) is 3.11. The minimum Gasteiger partial charge on any atom is -0.341 e. The van der Waals surface area contributed by atoms with Gasteiger partial charge in [-0.3, -0.25) is 9.59 Å². The van der Waals surface area contributed by atoms with Crippen molar-refractivity contribution in [1.82, 2.24) is 9.80 Å². The summed E-state index contributed by atoms with van der Waals surface area (Å²) in [7, 11) is 0. The van der Waals surface area contributed by atoms with Gasteiger partial charge in [0.05, 0.1) is 0 Å². The summed E-state index contributed by atoms with van der Waals surface area (Å²) >= 11 is 0. The number of nitrogens with zero attached hydrogens (tertiary/aromatic N) is 2. The zero-order chi connectivity index (χ0) is 14.4. The number of carbonyl (C=O) groups excluding carboxylic acids is 2. The lowest BCUT2D eigenvalue weighted by molar-refractivity contribution is -0.130. The van der Waals surface area contributed by atoms with Crippen molar-refractivity contribution in [2.24, 2.45) is 11.8 Å². The van der Waals surface area contributed by atoms with Crippen molar-refractivity contribution in [1.29, 1.82) is 0 Å². The first-order chi connectivity index (χ1) is 8.90. The van der Waals surface area contributed by atoms with E-state index in [0.29, 0.717) is 37.9 Å². The lowest BCUT2D eigenvalue weighted by Crippen LogP contribution is -2.37. The number of carbonyl (C=O) groups is 2. The Morgan fingerprint density at radius 2 is 1.89 bits per heavy atom. The Kier molecular flexibility index (Phi) is 6.06. The first kappa shape index (κ1) is 15.7. The molecule has 0 spiro atoms. The van der Waals surface area contributed by atoms with E-state index in [4.69, 9.17) is 0 Å². The fourth-order valence-electron chi connectivity index (χ4n) is 2.10. The van der Waals surface area contributed by atoms with Crippen LogP contribution in [0.3, 0.4) is 0 Å². The normalized spacial score (nSPS) is 17.7. The number of amides is 2. The smallest absolute Gasteiger partial charge is 0.246 e. The van der Waals surface area contributed by atoms with Gasteiger partial charge < -0.3 is 9.80 Å². The molecule has 0 aromatic carbocycles. The van der Waals surface area contributed by atoms with E-state index >= 15 is 0 Å². The monoisotopic (exact) mass is 266 g/mol. The van der Waals surface area contributed by atoms with Crippen molar-refractivity contribution < 1.29 is 9.59 Å². The molecule has 1 heterocycles. The summed E-state index contributed by atoms with van der Waals surface area (Å²) < 4.78 is 0. The molecule has 2 amide bonds. The molecule has 108 valence electrons. The van der Waals surface area contributed by atoms with Crippen LogP contribution in [-0.2, 0) is 9.59 Å². The highest BCUT2D eigenvalue weighted by Gasteiger charge is 2.22. The minimum absolute atomic E-state index is 0.0212. The summed E-state index contributed by atoms with van der Waals surface area (Å²) in [4.78, 5) is 27.6. The van der Waals surface area contributed by atoms with Gasteiger partial charge in [-0.2, -0.15) is 0 Å². The van der Waals surface area contributed by atoms with Gasteiger partial charge in [-0.25, -0.2) is 0 Å². The van der Waals surface area contributed by atoms with Gasteiger partial charge in [0.2, 0.25) is 11.8 Å². The van der Waals surface area contributed by atoms with Crippen LogP contribution < -0.4 is 0 Å². The Morgan fingerprint density at radius 3 is 2.47 bits per heavy atom. The van der Waals surface area contributed by atoms with Crippen LogP contribution in [0.25, 0.3) is 0 Å². The Balaban J connectivity index is 2.57. The van der Waals surface area contributed by atoms with E-state index < -0.39 is 0 Å². The molecule has 1 saturated heterocycles. The third-order valence-corrected chi connectivity index (χ3v) is 3.11. The Morgan fingerprint density at radius 1 is 1.21 bits per heavy atom. The second kappa shape index (κ2) is 7.31. The van der Waals surface area contributed by atoms with E-state index in [9.17, 15) is 9.59 Å². The molecule has 4 heteroatoms. The van der Waals surface area contributed by atoms with Crippen molar-refractivity contribution >= 4 is 11.8 Å². The molecular weight excluding hydrogens is 240 g/mol. The molecule has 1 aliphatic heterocycles. The summed E-state index contributed by atoms with van der Waals surface area (Å²) in [6, 6.07) is 0. The van der Waals surface area contributed by atoms with E-state index in [1.807, 2.05) is 24.8 Å². The second-order valence-electron chi connectivity index (χ2n) is 5.91. The molecule has 1 aliphatic rings. The lowest BCUT2D eigenvalue weighted by atomic mass is 10.2. The van der Waals surface area contributed by atoms with Crippen LogP contribution in [0.1, 0.15) is 34.1 Å². The van der Waals surface area contributed by atoms with Gasteiger partial charge in [-0.15, -0.1) is 0 Å². The maximum absolute atomic E-state index is 12.0. The lowest BCUT2D eigenvalue weighted by Gasteiger charge is -2.23. The minimum atomic E-state index is 0.0212. The van der Waals surface area contributed by atoms with Crippen molar-refractivity contribution in [3.8, 4) is 0 Å². The molecule has 1 rings (SSSR count). The summed E-state index contributed by atoms with van der Waals surface area (Å²) in [6.07, 6.45) is 3.97.